The fraction of sp³-hybridized carbons (Fsp3) is 0.481. The van der Waals surface area contributed by atoms with E-state index < -0.39 is 8.07 Å². The van der Waals surface area contributed by atoms with Gasteiger partial charge in [0.2, 0.25) is 0 Å². The summed E-state index contributed by atoms with van der Waals surface area (Å²) in [5.74, 6) is 1.67. The molecule has 32 heavy (non-hydrogen) atoms. The Hall–Kier alpha value is -2.40. The van der Waals surface area contributed by atoms with E-state index in [-0.39, 0.29) is 11.9 Å². The zero-order chi connectivity index (χ0) is 23.6. The second kappa shape index (κ2) is 9.61. The largest absolute Gasteiger partial charge is 0.426 e. The summed E-state index contributed by atoms with van der Waals surface area (Å²) in [6.45, 7) is 14.0. The molecule has 2 aromatic carbocycles. The minimum absolute atomic E-state index is 0.316. The Kier molecular flexibility index (Phi) is 7.28. The summed E-state index contributed by atoms with van der Waals surface area (Å²) in [5, 5.41) is 0. The zero-order valence-electron chi connectivity index (χ0n) is 20.5. The lowest BCUT2D eigenvalue weighted by atomic mass is 9.75. The van der Waals surface area contributed by atoms with Crippen molar-refractivity contribution in [1.82, 2.24) is 0 Å². The van der Waals surface area contributed by atoms with Gasteiger partial charge >= 0.3 is 11.9 Å². The number of rotatable bonds is 6. The second-order valence-corrected chi connectivity index (χ2v) is 15.3. The summed E-state index contributed by atoms with van der Waals surface area (Å²) >= 11 is 0. The van der Waals surface area contributed by atoms with Crippen molar-refractivity contribution in [3.63, 3.8) is 0 Å². The SMILES string of the molecule is CC(=O)Oc1c(C)c(C)c(OC(C)=O)c2c1C[C@H](C[Si](C)(C)Cc1ccccc1)[C@@H](C)C2. The lowest BCUT2D eigenvalue weighted by Gasteiger charge is -2.37. The lowest BCUT2D eigenvalue weighted by molar-refractivity contribution is -0.133. The van der Waals surface area contributed by atoms with Crippen LogP contribution in [-0.4, -0.2) is 20.0 Å². The van der Waals surface area contributed by atoms with E-state index in [0.29, 0.717) is 23.3 Å². The molecule has 172 valence electrons. The van der Waals surface area contributed by atoms with Gasteiger partial charge in [-0.3, -0.25) is 9.59 Å². The fourth-order valence-corrected chi connectivity index (χ4v) is 8.67. The highest BCUT2D eigenvalue weighted by molar-refractivity contribution is 6.76. The average Bonchev–Trinajstić information content (AvgIpc) is 2.69. The third kappa shape index (κ3) is 5.50. The molecule has 3 rings (SSSR count). The Morgan fingerprint density at radius 3 is 1.91 bits per heavy atom. The summed E-state index contributed by atoms with van der Waals surface area (Å²) < 4.78 is 11.4. The number of hydrogen-bond acceptors (Lipinski definition) is 4. The van der Waals surface area contributed by atoms with Crippen LogP contribution in [0.4, 0.5) is 0 Å². The number of benzene rings is 2. The molecule has 0 heterocycles. The highest BCUT2D eigenvalue weighted by atomic mass is 28.3. The van der Waals surface area contributed by atoms with Gasteiger partial charge < -0.3 is 9.47 Å². The molecule has 0 fully saturated rings. The maximum Gasteiger partial charge on any atom is 0.308 e. The van der Waals surface area contributed by atoms with Crippen LogP contribution in [0.25, 0.3) is 0 Å². The van der Waals surface area contributed by atoms with Crippen molar-refractivity contribution in [3.8, 4) is 11.5 Å². The summed E-state index contributed by atoms with van der Waals surface area (Å²) in [7, 11) is -1.50. The van der Waals surface area contributed by atoms with Crippen LogP contribution in [0.2, 0.25) is 19.1 Å². The first kappa shape index (κ1) is 24.2. The van der Waals surface area contributed by atoms with Crippen LogP contribution in [0.3, 0.4) is 0 Å². The Balaban J connectivity index is 1.97. The molecule has 1 aliphatic carbocycles. The van der Waals surface area contributed by atoms with E-state index in [1.54, 1.807) is 0 Å². The highest BCUT2D eigenvalue weighted by Gasteiger charge is 2.36. The Morgan fingerprint density at radius 1 is 0.906 bits per heavy atom. The average molecular weight is 453 g/mol. The van der Waals surface area contributed by atoms with Crippen molar-refractivity contribution in [3.05, 3.63) is 58.1 Å². The van der Waals surface area contributed by atoms with Crippen molar-refractivity contribution < 1.29 is 19.1 Å². The van der Waals surface area contributed by atoms with E-state index in [4.69, 9.17) is 9.47 Å². The van der Waals surface area contributed by atoms with E-state index in [0.717, 1.165) is 41.1 Å². The van der Waals surface area contributed by atoms with Gasteiger partial charge in [-0.25, -0.2) is 0 Å². The second-order valence-electron chi connectivity index (χ2n) is 10.2. The van der Waals surface area contributed by atoms with Crippen LogP contribution < -0.4 is 9.47 Å². The van der Waals surface area contributed by atoms with Gasteiger partial charge in [-0.15, -0.1) is 0 Å². The number of hydrogen-bond donors (Lipinski definition) is 0. The number of esters is 2. The first-order valence-corrected chi connectivity index (χ1v) is 15.0. The van der Waals surface area contributed by atoms with Crippen LogP contribution >= 0.6 is 0 Å². The first-order chi connectivity index (χ1) is 15.0. The van der Waals surface area contributed by atoms with Gasteiger partial charge in [-0.1, -0.05) is 62.0 Å². The van der Waals surface area contributed by atoms with E-state index in [2.05, 4.69) is 50.3 Å². The zero-order valence-corrected chi connectivity index (χ0v) is 21.5. The van der Waals surface area contributed by atoms with E-state index in [1.165, 1.54) is 25.5 Å². The molecule has 0 aromatic heterocycles. The van der Waals surface area contributed by atoms with Gasteiger partial charge in [0.1, 0.15) is 11.5 Å². The number of ether oxygens (including phenoxy) is 2. The fourth-order valence-electron chi connectivity index (χ4n) is 5.22. The first-order valence-electron chi connectivity index (χ1n) is 11.5. The predicted molar refractivity (Wildman–Crippen MR) is 131 cm³/mol. The molecule has 4 nitrogen and oxygen atoms in total. The Morgan fingerprint density at radius 2 is 1.41 bits per heavy atom. The lowest BCUT2D eigenvalue weighted by Crippen LogP contribution is -2.37. The maximum absolute atomic E-state index is 11.9. The molecule has 0 saturated heterocycles. The van der Waals surface area contributed by atoms with E-state index in [1.807, 2.05) is 13.8 Å². The molecular weight excluding hydrogens is 416 g/mol. The molecule has 0 spiro atoms. The van der Waals surface area contributed by atoms with Gasteiger partial charge in [-0.05, 0) is 55.7 Å². The molecule has 0 aliphatic heterocycles. The molecule has 2 aromatic rings. The van der Waals surface area contributed by atoms with Gasteiger partial charge in [0.15, 0.2) is 0 Å². The monoisotopic (exact) mass is 452 g/mol. The third-order valence-corrected chi connectivity index (χ3v) is 9.78. The Bertz CT molecular complexity index is 1010. The van der Waals surface area contributed by atoms with Crippen LogP contribution in [-0.2, 0) is 28.5 Å². The molecule has 0 N–H and O–H groups in total. The van der Waals surface area contributed by atoms with Gasteiger partial charge in [0.05, 0.1) is 8.07 Å². The van der Waals surface area contributed by atoms with Crippen LogP contribution in [0.1, 0.15) is 48.6 Å². The van der Waals surface area contributed by atoms with Crippen molar-refractivity contribution in [2.24, 2.45) is 11.8 Å². The van der Waals surface area contributed by atoms with Crippen molar-refractivity contribution in [2.45, 2.75) is 72.6 Å². The molecule has 5 heteroatoms. The normalized spacial score (nSPS) is 18.1. The van der Waals surface area contributed by atoms with Crippen molar-refractivity contribution >= 4 is 20.0 Å². The summed E-state index contributed by atoms with van der Waals surface area (Å²) in [6.07, 6.45) is 1.67. The van der Waals surface area contributed by atoms with E-state index in [9.17, 15) is 9.59 Å². The molecule has 0 radical (unpaired) electrons. The van der Waals surface area contributed by atoms with Crippen LogP contribution in [0.5, 0.6) is 11.5 Å². The molecule has 0 amide bonds. The highest BCUT2D eigenvalue weighted by Crippen LogP contribution is 2.46. The maximum atomic E-state index is 11.9. The van der Waals surface area contributed by atoms with Crippen molar-refractivity contribution in [2.75, 3.05) is 0 Å². The quantitative estimate of drug-likeness (QED) is 0.307. The topological polar surface area (TPSA) is 52.6 Å². The van der Waals surface area contributed by atoms with Crippen LogP contribution in [0.15, 0.2) is 30.3 Å². The minimum Gasteiger partial charge on any atom is -0.426 e. The molecule has 2 atom stereocenters. The van der Waals surface area contributed by atoms with Crippen molar-refractivity contribution in [1.29, 1.82) is 0 Å². The number of carbonyl (C=O) groups excluding carboxylic acids is 2. The number of fused-ring (bicyclic) bond motifs is 1. The summed E-state index contributed by atoms with van der Waals surface area (Å²) in [6, 6.07) is 13.1. The van der Waals surface area contributed by atoms with E-state index >= 15 is 0 Å². The molecule has 0 bridgehead atoms. The molecule has 0 unspecified atom stereocenters. The molecule has 0 saturated carbocycles. The van der Waals surface area contributed by atoms with Gasteiger partial charge in [0, 0.05) is 25.0 Å². The summed E-state index contributed by atoms with van der Waals surface area (Å²) in [5.41, 5.74) is 5.25. The molecular formula is C27H36O4Si. The summed E-state index contributed by atoms with van der Waals surface area (Å²) in [4.78, 5) is 23.7. The van der Waals surface area contributed by atoms with Gasteiger partial charge in [0.25, 0.3) is 0 Å². The third-order valence-electron chi connectivity index (χ3n) is 6.79. The standard InChI is InChI=1S/C27H36O4Si/c1-17-13-24-25(14-23(17)16-32(6,7)15-22-11-9-8-10-12-22)27(31-21(5)29)19(3)18(2)26(24)30-20(4)28/h8-12,17,23H,13-16H2,1-7H3/t17-,23+/m0/s1. The smallest absolute Gasteiger partial charge is 0.308 e. The van der Waals surface area contributed by atoms with Gasteiger partial charge in [-0.2, -0.15) is 0 Å². The predicted octanol–water partition coefficient (Wildman–Crippen LogP) is 6.00. The van der Waals surface area contributed by atoms with Crippen LogP contribution in [0, 0.1) is 25.7 Å². The molecule has 1 aliphatic rings. The number of carbonyl (C=O) groups is 2. The minimum atomic E-state index is -1.50. The Labute approximate surface area is 193 Å².